The Morgan fingerprint density at radius 2 is 1.75 bits per heavy atom. The third-order valence-corrected chi connectivity index (χ3v) is 2.84. The lowest BCUT2D eigenvalue weighted by atomic mass is 10.0. The van der Waals surface area contributed by atoms with Crippen molar-refractivity contribution in [2.75, 3.05) is 6.61 Å². The molecule has 1 aliphatic rings. The highest BCUT2D eigenvalue weighted by atomic mass is 16.7. The summed E-state index contributed by atoms with van der Waals surface area (Å²) in [6.45, 7) is 4.22. The molecule has 5 heteroatoms. The molecule has 0 aromatic rings. The molecule has 0 saturated carbocycles. The predicted octanol–water partition coefficient (Wildman–Crippen LogP) is 0.0207. The topological polar surface area (TPSA) is 79.2 Å². The quantitative estimate of drug-likeness (QED) is 0.584. The first-order valence-corrected chi connectivity index (χ1v) is 5.89. The van der Waals surface area contributed by atoms with Gasteiger partial charge in [-0.2, -0.15) is 0 Å². The molecule has 16 heavy (non-hydrogen) atoms. The number of ether oxygens (including phenoxy) is 2. The van der Waals surface area contributed by atoms with Crippen LogP contribution in [0.2, 0.25) is 0 Å². The molecule has 3 N–H and O–H groups in total. The second-order valence-electron chi connectivity index (χ2n) is 4.26. The van der Waals surface area contributed by atoms with Crippen LogP contribution in [-0.4, -0.2) is 52.6 Å². The van der Waals surface area contributed by atoms with E-state index in [0.717, 1.165) is 19.3 Å². The monoisotopic (exact) mass is 234 g/mol. The fourth-order valence-electron chi connectivity index (χ4n) is 1.70. The molecule has 0 bridgehead atoms. The molecular weight excluding hydrogens is 212 g/mol. The summed E-state index contributed by atoms with van der Waals surface area (Å²) in [6, 6.07) is 0. The van der Waals surface area contributed by atoms with Crippen LogP contribution in [-0.2, 0) is 9.47 Å². The van der Waals surface area contributed by atoms with Crippen molar-refractivity contribution in [3.8, 4) is 0 Å². The summed E-state index contributed by atoms with van der Waals surface area (Å²) >= 11 is 0. The van der Waals surface area contributed by atoms with Crippen molar-refractivity contribution in [2.45, 2.75) is 63.8 Å². The molecule has 1 saturated heterocycles. The van der Waals surface area contributed by atoms with E-state index in [1.54, 1.807) is 6.92 Å². The maximum atomic E-state index is 9.62. The lowest BCUT2D eigenvalue weighted by Gasteiger charge is -2.38. The molecule has 2 unspecified atom stereocenters. The summed E-state index contributed by atoms with van der Waals surface area (Å²) in [5.41, 5.74) is 0. The van der Waals surface area contributed by atoms with Crippen LogP contribution in [0.4, 0.5) is 0 Å². The number of hydrogen-bond donors (Lipinski definition) is 3. The zero-order chi connectivity index (χ0) is 12.1. The molecular formula is C11H22O5. The zero-order valence-corrected chi connectivity index (χ0v) is 9.87. The van der Waals surface area contributed by atoms with Gasteiger partial charge in [-0.3, -0.25) is 0 Å². The van der Waals surface area contributed by atoms with Crippen LogP contribution in [0.1, 0.15) is 33.1 Å². The molecule has 1 rings (SSSR count). The minimum Gasteiger partial charge on any atom is -0.388 e. The van der Waals surface area contributed by atoms with Gasteiger partial charge in [0.15, 0.2) is 6.29 Å². The number of aliphatic hydroxyl groups excluding tert-OH is 3. The predicted molar refractivity (Wildman–Crippen MR) is 57.8 cm³/mol. The van der Waals surface area contributed by atoms with Crippen LogP contribution < -0.4 is 0 Å². The first-order chi connectivity index (χ1) is 7.57. The Hall–Kier alpha value is -0.200. The highest BCUT2D eigenvalue weighted by molar-refractivity contribution is 4.87. The second-order valence-corrected chi connectivity index (χ2v) is 4.26. The third-order valence-electron chi connectivity index (χ3n) is 2.84. The highest BCUT2D eigenvalue weighted by Gasteiger charge is 2.42. The average Bonchev–Trinajstić information content (AvgIpc) is 2.28. The Morgan fingerprint density at radius 3 is 2.38 bits per heavy atom. The summed E-state index contributed by atoms with van der Waals surface area (Å²) in [7, 11) is 0. The normalized spacial score (nSPS) is 39.9. The lowest BCUT2D eigenvalue weighted by Crippen LogP contribution is -2.57. The van der Waals surface area contributed by atoms with E-state index in [1.807, 2.05) is 0 Å². The van der Waals surface area contributed by atoms with Crippen LogP contribution >= 0.6 is 0 Å². The summed E-state index contributed by atoms with van der Waals surface area (Å²) < 4.78 is 10.6. The average molecular weight is 234 g/mol. The van der Waals surface area contributed by atoms with E-state index in [2.05, 4.69) is 6.92 Å². The fraction of sp³-hybridized carbons (Fsp3) is 1.00. The summed E-state index contributed by atoms with van der Waals surface area (Å²) in [5, 5.41) is 28.6. The van der Waals surface area contributed by atoms with Gasteiger partial charge in [0.05, 0.1) is 6.10 Å². The van der Waals surface area contributed by atoms with Gasteiger partial charge >= 0.3 is 0 Å². The van der Waals surface area contributed by atoms with E-state index in [-0.39, 0.29) is 0 Å². The van der Waals surface area contributed by atoms with Gasteiger partial charge in [0.1, 0.15) is 18.3 Å². The molecule has 5 atom stereocenters. The van der Waals surface area contributed by atoms with Crippen molar-refractivity contribution in [2.24, 2.45) is 0 Å². The van der Waals surface area contributed by atoms with Gasteiger partial charge in [0.25, 0.3) is 0 Å². The molecule has 0 aromatic heterocycles. The first-order valence-electron chi connectivity index (χ1n) is 5.89. The van der Waals surface area contributed by atoms with E-state index < -0.39 is 30.7 Å². The lowest BCUT2D eigenvalue weighted by molar-refractivity contribution is -0.293. The van der Waals surface area contributed by atoms with Crippen molar-refractivity contribution in [3.63, 3.8) is 0 Å². The Kier molecular flexibility index (Phi) is 5.64. The third kappa shape index (κ3) is 3.40. The van der Waals surface area contributed by atoms with Crippen LogP contribution in [0, 0.1) is 0 Å². The maximum absolute atomic E-state index is 9.62. The van der Waals surface area contributed by atoms with Crippen LogP contribution in [0.15, 0.2) is 0 Å². The van der Waals surface area contributed by atoms with Crippen LogP contribution in [0.3, 0.4) is 0 Å². The minimum absolute atomic E-state index is 0.491. The maximum Gasteiger partial charge on any atom is 0.186 e. The molecule has 0 spiro atoms. The largest absolute Gasteiger partial charge is 0.388 e. The fourth-order valence-corrected chi connectivity index (χ4v) is 1.70. The Bertz CT molecular complexity index is 199. The molecule has 0 amide bonds. The summed E-state index contributed by atoms with van der Waals surface area (Å²) in [5.74, 6) is 0. The van der Waals surface area contributed by atoms with Gasteiger partial charge in [0, 0.05) is 6.61 Å². The van der Waals surface area contributed by atoms with Crippen molar-refractivity contribution >= 4 is 0 Å². The van der Waals surface area contributed by atoms with E-state index >= 15 is 0 Å². The number of hydrogen-bond acceptors (Lipinski definition) is 5. The van der Waals surface area contributed by atoms with Crippen LogP contribution in [0.5, 0.6) is 0 Å². The molecule has 0 radical (unpaired) electrons. The van der Waals surface area contributed by atoms with Gasteiger partial charge < -0.3 is 24.8 Å². The zero-order valence-electron chi connectivity index (χ0n) is 9.87. The molecule has 0 aliphatic carbocycles. The molecule has 1 aliphatic heterocycles. The Morgan fingerprint density at radius 1 is 1.06 bits per heavy atom. The van der Waals surface area contributed by atoms with E-state index in [0.29, 0.717) is 6.61 Å². The van der Waals surface area contributed by atoms with Crippen molar-refractivity contribution in [1.82, 2.24) is 0 Å². The standard InChI is InChI=1S/C11H22O5/c1-3-4-5-6-15-11-10(14)9(13)8(12)7(2)16-11/h7-14H,3-6H2,1-2H3/t7?,8-,9?,10-,11+/m0/s1. The summed E-state index contributed by atoms with van der Waals surface area (Å²) in [4.78, 5) is 0. The Balaban J connectivity index is 2.35. The Labute approximate surface area is 96.0 Å². The van der Waals surface area contributed by atoms with Gasteiger partial charge in [-0.25, -0.2) is 0 Å². The number of rotatable bonds is 5. The van der Waals surface area contributed by atoms with Crippen molar-refractivity contribution in [1.29, 1.82) is 0 Å². The van der Waals surface area contributed by atoms with Gasteiger partial charge in [0.2, 0.25) is 0 Å². The SMILES string of the molecule is CCCCCO[C@@H]1OC(C)[C@H](O)C(O)[C@@H]1O. The van der Waals surface area contributed by atoms with Gasteiger partial charge in [-0.05, 0) is 13.3 Å². The number of aliphatic hydroxyl groups is 3. The molecule has 5 nitrogen and oxygen atoms in total. The van der Waals surface area contributed by atoms with E-state index in [4.69, 9.17) is 9.47 Å². The van der Waals surface area contributed by atoms with Crippen LogP contribution in [0.25, 0.3) is 0 Å². The molecule has 96 valence electrons. The molecule has 1 fully saturated rings. The van der Waals surface area contributed by atoms with E-state index in [9.17, 15) is 15.3 Å². The molecule has 1 heterocycles. The second kappa shape index (κ2) is 6.51. The highest BCUT2D eigenvalue weighted by Crippen LogP contribution is 2.21. The van der Waals surface area contributed by atoms with Gasteiger partial charge in [-0.15, -0.1) is 0 Å². The van der Waals surface area contributed by atoms with E-state index in [1.165, 1.54) is 0 Å². The summed E-state index contributed by atoms with van der Waals surface area (Å²) in [6.07, 6.45) is -1.78. The smallest absolute Gasteiger partial charge is 0.186 e. The van der Waals surface area contributed by atoms with Crippen molar-refractivity contribution in [3.05, 3.63) is 0 Å². The molecule has 0 aromatic carbocycles. The van der Waals surface area contributed by atoms with Gasteiger partial charge in [-0.1, -0.05) is 19.8 Å². The number of unbranched alkanes of at least 4 members (excludes halogenated alkanes) is 2. The first kappa shape index (κ1) is 13.9. The van der Waals surface area contributed by atoms with Crippen molar-refractivity contribution < 1.29 is 24.8 Å². The minimum atomic E-state index is -1.21.